The number of piperidine rings is 1. The summed E-state index contributed by atoms with van der Waals surface area (Å²) in [6.07, 6.45) is 6.84. The van der Waals surface area contributed by atoms with E-state index in [1.165, 1.54) is 6.42 Å². The van der Waals surface area contributed by atoms with Gasteiger partial charge in [0.15, 0.2) is 0 Å². The number of likely N-dealkylation sites (tertiary alicyclic amines) is 1. The van der Waals surface area contributed by atoms with E-state index in [9.17, 15) is 9.59 Å². The predicted molar refractivity (Wildman–Crippen MR) is 80.6 cm³/mol. The molecule has 3 aliphatic rings. The summed E-state index contributed by atoms with van der Waals surface area (Å²) >= 11 is 0. The first-order valence-corrected chi connectivity index (χ1v) is 8.47. The SMILES string of the molecule is O=C(O)C1CCCN(C(=O)NC2CCCC23CCOCC3)C1. The quantitative estimate of drug-likeness (QED) is 0.816. The molecule has 0 aromatic heterocycles. The largest absolute Gasteiger partial charge is 0.481 e. The fourth-order valence-corrected chi connectivity index (χ4v) is 4.34. The van der Waals surface area contributed by atoms with E-state index in [1.807, 2.05) is 0 Å². The van der Waals surface area contributed by atoms with Crippen molar-refractivity contribution in [3.8, 4) is 0 Å². The Labute approximate surface area is 131 Å². The molecule has 22 heavy (non-hydrogen) atoms. The third kappa shape index (κ3) is 3.07. The van der Waals surface area contributed by atoms with E-state index >= 15 is 0 Å². The Morgan fingerprint density at radius 3 is 2.64 bits per heavy atom. The van der Waals surface area contributed by atoms with E-state index in [2.05, 4.69) is 5.32 Å². The van der Waals surface area contributed by atoms with Crippen molar-refractivity contribution in [1.82, 2.24) is 10.2 Å². The Hall–Kier alpha value is -1.30. The molecule has 2 heterocycles. The number of nitrogens with zero attached hydrogens (tertiary/aromatic N) is 1. The Morgan fingerprint density at radius 2 is 1.91 bits per heavy atom. The smallest absolute Gasteiger partial charge is 0.317 e. The van der Waals surface area contributed by atoms with Gasteiger partial charge in [-0.2, -0.15) is 0 Å². The van der Waals surface area contributed by atoms with Gasteiger partial charge in [0.05, 0.1) is 5.92 Å². The number of carboxylic acid groups (broad SMARTS) is 1. The Kier molecular flexibility index (Phi) is 4.57. The summed E-state index contributed by atoms with van der Waals surface area (Å²) in [7, 11) is 0. The van der Waals surface area contributed by atoms with Crippen LogP contribution in [-0.2, 0) is 9.53 Å². The van der Waals surface area contributed by atoms with Crippen molar-refractivity contribution in [3.63, 3.8) is 0 Å². The second-order valence-corrected chi connectivity index (χ2v) is 6.99. The van der Waals surface area contributed by atoms with E-state index in [1.54, 1.807) is 4.90 Å². The van der Waals surface area contributed by atoms with Gasteiger partial charge < -0.3 is 20.1 Å². The number of hydrogen-bond acceptors (Lipinski definition) is 3. The summed E-state index contributed by atoms with van der Waals surface area (Å²) in [5.74, 6) is -1.21. The average Bonchev–Trinajstić information content (AvgIpc) is 2.90. The molecule has 1 spiro atoms. The summed E-state index contributed by atoms with van der Waals surface area (Å²) in [4.78, 5) is 25.4. The molecule has 2 aliphatic heterocycles. The molecule has 3 rings (SSSR count). The molecule has 2 amide bonds. The molecule has 6 heteroatoms. The molecule has 2 unspecified atom stereocenters. The third-order valence-electron chi connectivity index (χ3n) is 5.75. The summed E-state index contributed by atoms with van der Waals surface area (Å²) < 4.78 is 5.48. The number of amides is 2. The Balaban J connectivity index is 1.60. The van der Waals surface area contributed by atoms with E-state index in [0.29, 0.717) is 19.5 Å². The fraction of sp³-hybridized carbons (Fsp3) is 0.875. The van der Waals surface area contributed by atoms with Gasteiger partial charge in [-0.15, -0.1) is 0 Å². The molecule has 0 aromatic rings. The molecule has 3 fully saturated rings. The molecule has 1 saturated carbocycles. The van der Waals surface area contributed by atoms with Crippen LogP contribution in [0.25, 0.3) is 0 Å². The molecular weight excluding hydrogens is 284 g/mol. The summed E-state index contributed by atoms with van der Waals surface area (Å²) in [5, 5.41) is 12.4. The number of rotatable bonds is 2. The molecule has 0 aromatic carbocycles. The maximum absolute atomic E-state index is 12.5. The summed E-state index contributed by atoms with van der Waals surface area (Å²) in [6, 6.07) is 0.137. The fourth-order valence-electron chi connectivity index (χ4n) is 4.34. The minimum atomic E-state index is -0.792. The zero-order valence-corrected chi connectivity index (χ0v) is 13.1. The van der Waals surface area contributed by atoms with Gasteiger partial charge in [-0.05, 0) is 43.9 Å². The molecule has 6 nitrogen and oxygen atoms in total. The molecule has 2 N–H and O–H groups in total. The van der Waals surface area contributed by atoms with Crippen molar-refractivity contribution in [3.05, 3.63) is 0 Å². The zero-order valence-electron chi connectivity index (χ0n) is 13.1. The van der Waals surface area contributed by atoms with Gasteiger partial charge in [0.1, 0.15) is 0 Å². The van der Waals surface area contributed by atoms with E-state index in [4.69, 9.17) is 9.84 Å². The van der Waals surface area contributed by atoms with Gasteiger partial charge in [-0.25, -0.2) is 4.79 Å². The van der Waals surface area contributed by atoms with Crippen LogP contribution in [0.4, 0.5) is 4.79 Å². The lowest BCUT2D eigenvalue weighted by Crippen LogP contribution is -2.53. The van der Waals surface area contributed by atoms with Crippen molar-refractivity contribution in [2.45, 2.75) is 51.0 Å². The number of urea groups is 1. The topological polar surface area (TPSA) is 78.9 Å². The van der Waals surface area contributed by atoms with Gasteiger partial charge in [0, 0.05) is 32.3 Å². The van der Waals surface area contributed by atoms with Crippen LogP contribution >= 0.6 is 0 Å². The van der Waals surface area contributed by atoms with Crippen LogP contribution in [-0.4, -0.2) is 54.4 Å². The monoisotopic (exact) mass is 310 g/mol. The maximum atomic E-state index is 12.5. The lowest BCUT2D eigenvalue weighted by atomic mass is 9.75. The number of carboxylic acids is 1. The molecule has 2 atom stereocenters. The lowest BCUT2D eigenvalue weighted by Gasteiger charge is -2.40. The van der Waals surface area contributed by atoms with Crippen molar-refractivity contribution in [1.29, 1.82) is 0 Å². The second kappa shape index (κ2) is 6.44. The van der Waals surface area contributed by atoms with Crippen LogP contribution in [0.2, 0.25) is 0 Å². The van der Waals surface area contributed by atoms with Crippen molar-refractivity contribution >= 4 is 12.0 Å². The van der Waals surface area contributed by atoms with Gasteiger partial charge in [-0.3, -0.25) is 4.79 Å². The molecule has 2 saturated heterocycles. The highest BCUT2D eigenvalue weighted by Crippen LogP contribution is 2.46. The normalized spacial score (nSPS) is 31.2. The first-order valence-electron chi connectivity index (χ1n) is 8.47. The minimum absolute atomic E-state index is 0.0799. The molecular formula is C16H26N2O4. The van der Waals surface area contributed by atoms with Crippen LogP contribution in [0.15, 0.2) is 0 Å². The standard InChI is InChI=1S/C16H26N2O4/c19-14(20)12-3-2-8-18(11-12)15(21)17-13-4-1-5-16(13)6-9-22-10-7-16/h12-13H,1-11H2,(H,17,21)(H,19,20). The summed E-state index contributed by atoms with van der Waals surface area (Å²) in [5.41, 5.74) is 0.204. The Morgan fingerprint density at radius 1 is 1.14 bits per heavy atom. The second-order valence-electron chi connectivity index (χ2n) is 6.99. The molecule has 0 radical (unpaired) electrons. The van der Waals surface area contributed by atoms with Crippen LogP contribution < -0.4 is 5.32 Å². The van der Waals surface area contributed by atoms with Gasteiger partial charge in [0.2, 0.25) is 0 Å². The zero-order chi connectivity index (χ0) is 15.6. The van der Waals surface area contributed by atoms with Gasteiger partial charge in [0.25, 0.3) is 0 Å². The molecule has 1 aliphatic carbocycles. The van der Waals surface area contributed by atoms with Crippen molar-refractivity contribution < 1.29 is 19.4 Å². The highest BCUT2D eigenvalue weighted by Gasteiger charge is 2.45. The van der Waals surface area contributed by atoms with Gasteiger partial charge >= 0.3 is 12.0 Å². The molecule has 0 bridgehead atoms. The van der Waals surface area contributed by atoms with E-state index < -0.39 is 11.9 Å². The highest BCUT2D eigenvalue weighted by molar-refractivity contribution is 5.77. The number of nitrogens with one attached hydrogen (secondary N) is 1. The first kappa shape index (κ1) is 15.6. The average molecular weight is 310 g/mol. The predicted octanol–water partition coefficient (Wildman–Crippen LogP) is 1.84. The van der Waals surface area contributed by atoms with E-state index in [0.717, 1.165) is 45.3 Å². The van der Waals surface area contributed by atoms with E-state index in [-0.39, 0.29) is 17.5 Å². The van der Waals surface area contributed by atoms with Crippen molar-refractivity contribution in [2.75, 3.05) is 26.3 Å². The van der Waals surface area contributed by atoms with Crippen molar-refractivity contribution in [2.24, 2.45) is 11.3 Å². The van der Waals surface area contributed by atoms with Crippen LogP contribution in [0.5, 0.6) is 0 Å². The number of carbonyl (C=O) groups is 2. The minimum Gasteiger partial charge on any atom is -0.481 e. The number of hydrogen-bond donors (Lipinski definition) is 2. The maximum Gasteiger partial charge on any atom is 0.317 e. The Bertz CT molecular complexity index is 434. The summed E-state index contributed by atoms with van der Waals surface area (Å²) in [6.45, 7) is 2.58. The highest BCUT2D eigenvalue weighted by atomic mass is 16.5. The number of ether oxygens (including phenoxy) is 1. The van der Waals surface area contributed by atoms with Crippen LogP contribution in [0.3, 0.4) is 0 Å². The third-order valence-corrected chi connectivity index (χ3v) is 5.75. The number of aliphatic carboxylic acids is 1. The van der Waals surface area contributed by atoms with Crippen LogP contribution in [0.1, 0.15) is 44.9 Å². The molecule has 124 valence electrons. The number of carbonyl (C=O) groups excluding carboxylic acids is 1. The lowest BCUT2D eigenvalue weighted by molar-refractivity contribution is -0.143. The van der Waals surface area contributed by atoms with Crippen LogP contribution in [0, 0.1) is 11.3 Å². The van der Waals surface area contributed by atoms with Gasteiger partial charge in [-0.1, -0.05) is 6.42 Å². The first-order chi connectivity index (χ1) is 10.6.